The molecule has 1 aromatic rings. The van der Waals surface area contributed by atoms with Crippen LogP contribution < -0.4 is 4.74 Å². The number of ether oxygens (including phenoxy) is 1. The highest BCUT2D eigenvalue weighted by molar-refractivity contribution is 9.10. The Hall–Kier alpha value is -1.03. The second kappa shape index (κ2) is 5.74. The zero-order chi connectivity index (χ0) is 14.0. The maximum atomic E-state index is 10.9. The Bertz CT molecular complexity index is 481. The molecule has 100 valence electrons. The number of carboxylic acid groups (broad SMARTS) is 1. The van der Waals surface area contributed by atoms with Gasteiger partial charge in [0.2, 0.25) is 0 Å². The first-order chi connectivity index (χ1) is 8.31. The first kappa shape index (κ1) is 15.0. The number of rotatable bonds is 4. The van der Waals surface area contributed by atoms with Crippen molar-refractivity contribution in [2.24, 2.45) is 0 Å². The predicted molar refractivity (Wildman–Crippen MR) is 75.6 cm³/mol. The normalized spacial score (nSPS) is 12.3. The highest BCUT2D eigenvalue weighted by Gasteiger charge is 2.22. The molecule has 1 rings (SSSR count). The summed E-state index contributed by atoms with van der Waals surface area (Å²) in [6, 6.07) is 0. The van der Waals surface area contributed by atoms with Crippen LogP contribution in [-0.2, 0) is 4.79 Å². The molecule has 0 aliphatic heterocycles. The standard InChI is InChI=1S/C14H19BrO3/c1-7(6-11(16)17)12-10(4)13(15)8(2)9(3)14(12)18-5/h7H,6H2,1-5H3,(H,16,17). The Kier molecular flexibility index (Phi) is 4.79. The molecule has 0 heterocycles. The lowest BCUT2D eigenvalue weighted by Crippen LogP contribution is -2.09. The molecule has 0 spiro atoms. The molecule has 0 fully saturated rings. The molecular weight excluding hydrogens is 296 g/mol. The van der Waals surface area contributed by atoms with Crippen LogP contribution in [0, 0.1) is 20.8 Å². The van der Waals surface area contributed by atoms with Gasteiger partial charge in [0.1, 0.15) is 5.75 Å². The lowest BCUT2D eigenvalue weighted by molar-refractivity contribution is -0.137. The fourth-order valence-electron chi connectivity index (χ4n) is 2.33. The van der Waals surface area contributed by atoms with Crippen LogP contribution in [-0.4, -0.2) is 18.2 Å². The van der Waals surface area contributed by atoms with Crippen molar-refractivity contribution in [1.29, 1.82) is 0 Å². The molecule has 0 saturated heterocycles. The third kappa shape index (κ3) is 2.69. The molecule has 0 bridgehead atoms. The highest BCUT2D eigenvalue weighted by Crippen LogP contribution is 2.40. The average Bonchev–Trinajstić information content (AvgIpc) is 2.29. The van der Waals surface area contributed by atoms with E-state index in [9.17, 15) is 4.79 Å². The number of methoxy groups -OCH3 is 1. The summed E-state index contributed by atoms with van der Waals surface area (Å²) in [5, 5.41) is 8.94. The summed E-state index contributed by atoms with van der Waals surface area (Å²) in [7, 11) is 1.63. The van der Waals surface area contributed by atoms with Gasteiger partial charge in [-0.1, -0.05) is 22.9 Å². The van der Waals surface area contributed by atoms with Crippen LogP contribution in [0.4, 0.5) is 0 Å². The maximum absolute atomic E-state index is 10.9. The number of hydrogen-bond acceptors (Lipinski definition) is 2. The Morgan fingerprint density at radius 2 is 1.83 bits per heavy atom. The van der Waals surface area contributed by atoms with Crippen molar-refractivity contribution < 1.29 is 14.6 Å². The van der Waals surface area contributed by atoms with Crippen LogP contribution in [0.3, 0.4) is 0 Å². The minimum absolute atomic E-state index is 0.0759. The number of hydrogen-bond donors (Lipinski definition) is 1. The first-order valence-electron chi connectivity index (χ1n) is 5.86. The zero-order valence-electron chi connectivity index (χ0n) is 11.4. The quantitative estimate of drug-likeness (QED) is 0.915. The van der Waals surface area contributed by atoms with E-state index < -0.39 is 5.97 Å². The van der Waals surface area contributed by atoms with Crippen molar-refractivity contribution in [2.45, 2.75) is 40.0 Å². The topological polar surface area (TPSA) is 46.5 Å². The molecule has 1 unspecified atom stereocenters. The van der Waals surface area contributed by atoms with E-state index in [0.29, 0.717) is 0 Å². The summed E-state index contributed by atoms with van der Waals surface area (Å²) >= 11 is 3.58. The molecule has 18 heavy (non-hydrogen) atoms. The van der Waals surface area contributed by atoms with Crippen molar-refractivity contribution in [1.82, 2.24) is 0 Å². The molecule has 4 heteroatoms. The Morgan fingerprint density at radius 3 is 2.28 bits per heavy atom. The average molecular weight is 315 g/mol. The van der Waals surface area contributed by atoms with Gasteiger partial charge in [-0.05, 0) is 43.4 Å². The van der Waals surface area contributed by atoms with Crippen LogP contribution >= 0.6 is 15.9 Å². The smallest absolute Gasteiger partial charge is 0.303 e. The lowest BCUT2D eigenvalue weighted by atomic mass is 9.89. The predicted octanol–water partition coefficient (Wildman–Crippen LogP) is 3.96. The van der Waals surface area contributed by atoms with Gasteiger partial charge in [0.25, 0.3) is 0 Å². The van der Waals surface area contributed by atoms with E-state index in [4.69, 9.17) is 9.84 Å². The summed E-state index contributed by atoms with van der Waals surface area (Å²) in [6.07, 6.45) is 0.103. The van der Waals surface area contributed by atoms with Crippen LogP contribution in [0.25, 0.3) is 0 Å². The SMILES string of the molecule is COc1c(C)c(C)c(Br)c(C)c1C(C)CC(=O)O. The van der Waals surface area contributed by atoms with Crippen LogP contribution in [0.1, 0.15) is 41.5 Å². The number of carboxylic acids is 1. The minimum atomic E-state index is -0.793. The van der Waals surface area contributed by atoms with Gasteiger partial charge in [0.15, 0.2) is 0 Å². The molecular formula is C14H19BrO3. The van der Waals surface area contributed by atoms with Crippen molar-refractivity contribution >= 4 is 21.9 Å². The van der Waals surface area contributed by atoms with Gasteiger partial charge in [-0.25, -0.2) is 0 Å². The minimum Gasteiger partial charge on any atom is -0.496 e. The Labute approximate surface area is 116 Å². The lowest BCUT2D eigenvalue weighted by Gasteiger charge is -2.22. The molecule has 0 saturated carbocycles. The van der Waals surface area contributed by atoms with Gasteiger partial charge in [-0.3, -0.25) is 4.79 Å². The third-order valence-corrected chi connectivity index (χ3v) is 4.58. The number of benzene rings is 1. The molecule has 3 nitrogen and oxygen atoms in total. The third-order valence-electron chi connectivity index (χ3n) is 3.39. The molecule has 0 amide bonds. The molecule has 1 aromatic carbocycles. The summed E-state index contributed by atoms with van der Waals surface area (Å²) in [5.41, 5.74) is 4.23. The zero-order valence-corrected chi connectivity index (χ0v) is 13.0. The second-order valence-corrected chi connectivity index (χ2v) is 5.43. The second-order valence-electron chi connectivity index (χ2n) is 4.63. The van der Waals surface area contributed by atoms with E-state index in [1.165, 1.54) is 0 Å². The molecule has 1 N–H and O–H groups in total. The van der Waals surface area contributed by atoms with Crippen molar-refractivity contribution in [2.75, 3.05) is 7.11 Å². The van der Waals surface area contributed by atoms with Crippen LogP contribution in [0.5, 0.6) is 5.75 Å². The number of carbonyl (C=O) groups is 1. The summed E-state index contributed by atoms with van der Waals surface area (Å²) < 4.78 is 6.52. The van der Waals surface area contributed by atoms with Gasteiger partial charge < -0.3 is 9.84 Å². The summed E-state index contributed by atoms with van der Waals surface area (Å²) in [6.45, 7) is 7.93. The summed E-state index contributed by atoms with van der Waals surface area (Å²) in [4.78, 5) is 10.9. The molecule has 1 atom stereocenters. The van der Waals surface area contributed by atoms with E-state index in [0.717, 1.165) is 32.5 Å². The van der Waals surface area contributed by atoms with Crippen LogP contribution in [0.15, 0.2) is 4.47 Å². The maximum Gasteiger partial charge on any atom is 0.303 e. The van der Waals surface area contributed by atoms with Gasteiger partial charge in [-0.15, -0.1) is 0 Å². The fraction of sp³-hybridized carbons (Fsp3) is 0.500. The largest absolute Gasteiger partial charge is 0.496 e. The summed E-state index contributed by atoms with van der Waals surface area (Å²) in [5.74, 6) is -0.0618. The highest BCUT2D eigenvalue weighted by atomic mass is 79.9. The first-order valence-corrected chi connectivity index (χ1v) is 6.65. The fourth-order valence-corrected chi connectivity index (χ4v) is 2.84. The van der Waals surface area contributed by atoms with Gasteiger partial charge in [0.05, 0.1) is 13.5 Å². The number of halogens is 1. The molecule has 0 aliphatic carbocycles. The van der Waals surface area contributed by atoms with E-state index in [-0.39, 0.29) is 12.3 Å². The Morgan fingerprint density at radius 1 is 1.28 bits per heavy atom. The molecule has 0 aromatic heterocycles. The van der Waals surface area contributed by atoms with Crippen molar-refractivity contribution in [3.05, 3.63) is 26.7 Å². The van der Waals surface area contributed by atoms with E-state index in [2.05, 4.69) is 15.9 Å². The van der Waals surface area contributed by atoms with E-state index in [1.807, 2.05) is 27.7 Å². The van der Waals surface area contributed by atoms with Crippen molar-refractivity contribution in [3.8, 4) is 5.75 Å². The van der Waals surface area contributed by atoms with Gasteiger partial charge >= 0.3 is 5.97 Å². The van der Waals surface area contributed by atoms with Gasteiger partial charge in [-0.2, -0.15) is 0 Å². The van der Waals surface area contributed by atoms with Crippen molar-refractivity contribution in [3.63, 3.8) is 0 Å². The Balaban J connectivity index is 3.46. The van der Waals surface area contributed by atoms with Crippen LogP contribution in [0.2, 0.25) is 0 Å². The van der Waals surface area contributed by atoms with Gasteiger partial charge in [0, 0.05) is 10.0 Å². The van der Waals surface area contributed by atoms with E-state index in [1.54, 1.807) is 7.11 Å². The van der Waals surface area contributed by atoms with E-state index >= 15 is 0 Å². The monoisotopic (exact) mass is 314 g/mol. The number of aliphatic carboxylic acids is 1. The molecule has 0 aliphatic rings. The molecule has 0 radical (unpaired) electrons.